The van der Waals surface area contributed by atoms with E-state index in [-0.39, 0.29) is 11.9 Å². The van der Waals surface area contributed by atoms with Gasteiger partial charge in [-0.15, -0.1) is 0 Å². The Morgan fingerprint density at radius 2 is 2.00 bits per heavy atom. The second kappa shape index (κ2) is 7.04. The predicted octanol–water partition coefficient (Wildman–Crippen LogP) is 3.28. The first-order chi connectivity index (χ1) is 8.56. The van der Waals surface area contributed by atoms with Gasteiger partial charge in [0.2, 0.25) is 0 Å². The number of Topliss-reactive ketones (excluding diaryl/α,β-unsaturated/α-hetero) is 1. The van der Waals surface area contributed by atoms with E-state index in [0.717, 1.165) is 24.5 Å². The number of ether oxygens (including phenoxy) is 1. The Hall–Kier alpha value is -1.51. The molecule has 1 aromatic rings. The fraction of sp³-hybridized carbons (Fsp3) is 0.533. The van der Waals surface area contributed by atoms with Gasteiger partial charge in [-0.05, 0) is 39.8 Å². The largest absolute Gasteiger partial charge is 0.490 e. The summed E-state index contributed by atoms with van der Waals surface area (Å²) < 4.78 is 5.76. The highest BCUT2D eigenvalue weighted by Crippen LogP contribution is 2.22. The van der Waals surface area contributed by atoms with E-state index in [1.54, 1.807) is 6.92 Å². The molecule has 0 heterocycles. The average molecular weight is 249 g/mol. The summed E-state index contributed by atoms with van der Waals surface area (Å²) in [6, 6.07) is 8.03. The van der Waals surface area contributed by atoms with Crippen molar-refractivity contribution in [1.82, 2.24) is 0 Å². The zero-order chi connectivity index (χ0) is 13.5. The average Bonchev–Trinajstić information content (AvgIpc) is 2.29. The fourth-order valence-electron chi connectivity index (χ4n) is 2.02. The first-order valence-corrected chi connectivity index (χ1v) is 6.57. The number of hydrogen-bond acceptors (Lipinski definition) is 3. The maximum Gasteiger partial charge on any atom is 0.133 e. The normalized spacial score (nSPS) is 12.0. The van der Waals surface area contributed by atoms with Crippen LogP contribution in [0.3, 0.4) is 0 Å². The molecule has 1 rings (SSSR count). The Morgan fingerprint density at radius 3 is 2.56 bits per heavy atom. The molecule has 0 spiro atoms. The molecule has 0 bridgehead atoms. The monoisotopic (exact) mass is 249 g/mol. The van der Waals surface area contributed by atoms with E-state index in [1.165, 1.54) is 0 Å². The Morgan fingerprint density at radius 1 is 1.33 bits per heavy atom. The summed E-state index contributed by atoms with van der Waals surface area (Å²) in [5.74, 6) is 0.982. The van der Waals surface area contributed by atoms with Crippen LogP contribution in [0, 0.1) is 0 Å². The number of ketones is 1. The van der Waals surface area contributed by atoms with Crippen molar-refractivity contribution in [3.05, 3.63) is 24.3 Å². The summed E-state index contributed by atoms with van der Waals surface area (Å²) >= 11 is 0. The van der Waals surface area contributed by atoms with E-state index in [0.29, 0.717) is 6.42 Å². The molecule has 0 N–H and O–H groups in total. The molecule has 100 valence electrons. The molecular weight excluding hydrogens is 226 g/mol. The van der Waals surface area contributed by atoms with Gasteiger partial charge in [-0.2, -0.15) is 0 Å². The van der Waals surface area contributed by atoms with Crippen LogP contribution < -0.4 is 9.64 Å². The highest BCUT2D eigenvalue weighted by atomic mass is 16.5. The van der Waals surface area contributed by atoms with Crippen LogP contribution in [0.25, 0.3) is 0 Å². The molecule has 1 aromatic carbocycles. The van der Waals surface area contributed by atoms with E-state index < -0.39 is 0 Å². The predicted molar refractivity (Wildman–Crippen MR) is 75.4 cm³/mol. The molecular formula is C15H23NO2. The number of anilines is 1. The molecule has 0 saturated carbocycles. The zero-order valence-electron chi connectivity index (χ0n) is 11.8. The third kappa shape index (κ3) is 4.40. The zero-order valence-corrected chi connectivity index (χ0v) is 11.8. The molecule has 0 aliphatic rings. The Labute approximate surface area is 110 Å². The molecule has 1 atom stereocenters. The minimum Gasteiger partial charge on any atom is -0.490 e. The highest BCUT2D eigenvalue weighted by molar-refractivity contribution is 5.75. The van der Waals surface area contributed by atoms with E-state index in [1.807, 2.05) is 25.1 Å². The van der Waals surface area contributed by atoms with Crippen molar-refractivity contribution >= 4 is 11.5 Å². The third-order valence-electron chi connectivity index (χ3n) is 2.86. The van der Waals surface area contributed by atoms with Gasteiger partial charge in [0, 0.05) is 31.3 Å². The number of carbonyl (C=O) groups excluding carboxylic acids is 1. The van der Waals surface area contributed by atoms with Gasteiger partial charge in [0.15, 0.2) is 0 Å². The Kier molecular flexibility index (Phi) is 5.69. The maximum atomic E-state index is 11.0. The van der Waals surface area contributed by atoms with Crippen molar-refractivity contribution in [3.63, 3.8) is 0 Å². The van der Waals surface area contributed by atoms with Crippen molar-refractivity contribution in [2.75, 3.05) is 18.0 Å². The molecule has 3 nitrogen and oxygen atoms in total. The van der Waals surface area contributed by atoms with Crippen molar-refractivity contribution in [1.29, 1.82) is 0 Å². The van der Waals surface area contributed by atoms with Gasteiger partial charge in [-0.3, -0.25) is 4.79 Å². The summed E-state index contributed by atoms with van der Waals surface area (Å²) in [7, 11) is 0. The summed E-state index contributed by atoms with van der Waals surface area (Å²) in [4.78, 5) is 13.3. The van der Waals surface area contributed by atoms with Gasteiger partial charge in [0.25, 0.3) is 0 Å². The second-order valence-corrected chi connectivity index (χ2v) is 4.50. The molecule has 0 radical (unpaired) electrons. The maximum absolute atomic E-state index is 11.0. The lowest BCUT2D eigenvalue weighted by Gasteiger charge is -2.22. The summed E-state index contributed by atoms with van der Waals surface area (Å²) in [6.45, 7) is 9.73. The number of hydrogen-bond donors (Lipinski definition) is 0. The molecule has 0 fully saturated rings. The Bertz CT molecular complexity index is 386. The van der Waals surface area contributed by atoms with Crippen molar-refractivity contribution in [2.45, 2.75) is 40.2 Å². The van der Waals surface area contributed by atoms with Crippen molar-refractivity contribution in [2.24, 2.45) is 0 Å². The van der Waals surface area contributed by atoms with Crippen LogP contribution >= 0.6 is 0 Å². The van der Waals surface area contributed by atoms with Crippen LogP contribution in [-0.2, 0) is 4.79 Å². The van der Waals surface area contributed by atoms with E-state index in [2.05, 4.69) is 24.8 Å². The standard InChI is InChI=1S/C15H23NO2/c1-5-16(6-2)14-8-7-9-15(11-14)18-13(4)10-12(3)17/h7-9,11,13H,5-6,10H2,1-4H3. The molecule has 0 aliphatic heterocycles. The topological polar surface area (TPSA) is 29.5 Å². The number of rotatable bonds is 7. The lowest BCUT2D eigenvalue weighted by molar-refractivity contribution is -0.118. The number of benzene rings is 1. The van der Waals surface area contributed by atoms with Gasteiger partial charge < -0.3 is 9.64 Å². The van der Waals surface area contributed by atoms with E-state index in [4.69, 9.17) is 4.74 Å². The van der Waals surface area contributed by atoms with Gasteiger partial charge in [-0.1, -0.05) is 6.07 Å². The van der Waals surface area contributed by atoms with Gasteiger partial charge >= 0.3 is 0 Å². The molecule has 1 unspecified atom stereocenters. The third-order valence-corrected chi connectivity index (χ3v) is 2.86. The molecule has 0 aromatic heterocycles. The van der Waals surface area contributed by atoms with Crippen LogP contribution in [0.4, 0.5) is 5.69 Å². The number of carbonyl (C=O) groups is 1. The molecule has 18 heavy (non-hydrogen) atoms. The van der Waals surface area contributed by atoms with Crippen LogP contribution in [0.2, 0.25) is 0 Å². The first-order valence-electron chi connectivity index (χ1n) is 6.57. The highest BCUT2D eigenvalue weighted by Gasteiger charge is 2.08. The smallest absolute Gasteiger partial charge is 0.133 e. The van der Waals surface area contributed by atoms with Crippen molar-refractivity contribution in [3.8, 4) is 5.75 Å². The lowest BCUT2D eigenvalue weighted by atomic mass is 10.2. The van der Waals surface area contributed by atoms with Gasteiger partial charge in [-0.25, -0.2) is 0 Å². The van der Waals surface area contributed by atoms with Crippen LogP contribution in [0.5, 0.6) is 5.75 Å². The molecule has 0 saturated heterocycles. The molecule has 0 amide bonds. The molecule has 3 heteroatoms. The van der Waals surface area contributed by atoms with Crippen molar-refractivity contribution < 1.29 is 9.53 Å². The van der Waals surface area contributed by atoms with Gasteiger partial charge in [0.1, 0.15) is 17.6 Å². The summed E-state index contributed by atoms with van der Waals surface area (Å²) in [6.07, 6.45) is 0.379. The van der Waals surface area contributed by atoms with E-state index in [9.17, 15) is 4.79 Å². The van der Waals surface area contributed by atoms with E-state index >= 15 is 0 Å². The quantitative estimate of drug-likeness (QED) is 0.742. The molecule has 0 aliphatic carbocycles. The van der Waals surface area contributed by atoms with Crippen LogP contribution in [0.1, 0.15) is 34.1 Å². The summed E-state index contributed by atoms with van der Waals surface area (Å²) in [5.41, 5.74) is 1.16. The number of nitrogens with zero attached hydrogens (tertiary/aromatic N) is 1. The Balaban J connectivity index is 2.72. The second-order valence-electron chi connectivity index (χ2n) is 4.50. The lowest BCUT2D eigenvalue weighted by Crippen LogP contribution is -2.22. The van der Waals surface area contributed by atoms with Crippen LogP contribution in [0.15, 0.2) is 24.3 Å². The fourth-order valence-corrected chi connectivity index (χ4v) is 2.02. The minimum atomic E-state index is -0.0746. The first kappa shape index (κ1) is 14.6. The minimum absolute atomic E-state index is 0.0746. The summed E-state index contributed by atoms with van der Waals surface area (Å²) in [5, 5.41) is 0. The van der Waals surface area contributed by atoms with Gasteiger partial charge in [0.05, 0.1) is 0 Å². The van der Waals surface area contributed by atoms with Crippen LogP contribution in [-0.4, -0.2) is 25.0 Å². The SMILES string of the molecule is CCN(CC)c1cccc(OC(C)CC(C)=O)c1.